The van der Waals surface area contributed by atoms with E-state index in [0.717, 1.165) is 5.69 Å². The van der Waals surface area contributed by atoms with Crippen LogP contribution in [0.1, 0.15) is 13.8 Å². The average molecular weight is 307 g/mol. The van der Waals surface area contributed by atoms with Crippen LogP contribution in [0.5, 0.6) is 0 Å². The second kappa shape index (κ2) is 5.63. The number of nitrogens with zero attached hydrogens (tertiary/aromatic N) is 1. The summed E-state index contributed by atoms with van der Waals surface area (Å²) < 4.78 is 23.5. The summed E-state index contributed by atoms with van der Waals surface area (Å²) in [6.45, 7) is 3.49. The largest absolute Gasteiger partial charge is 0.379 e. The molecule has 0 aromatic carbocycles. The first-order valence-corrected chi connectivity index (χ1v) is 7.63. The fourth-order valence-electron chi connectivity index (χ4n) is 1.30. The summed E-state index contributed by atoms with van der Waals surface area (Å²) in [7, 11) is -2.95. The van der Waals surface area contributed by atoms with Crippen LogP contribution in [-0.2, 0) is 9.84 Å². The van der Waals surface area contributed by atoms with E-state index in [1.54, 1.807) is 19.2 Å². The molecule has 16 heavy (non-hydrogen) atoms. The van der Waals surface area contributed by atoms with Gasteiger partial charge in [-0.05, 0) is 35.0 Å². The zero-order valence-corrected chi connectivity index (χ0v) is 11.7. The summed E-state index contributed by atoms with van der Waals surface area (Å²) in [5, 5.41) is 3.11. The van der Waals surface area contributed by atoms with Gasteiger partial charge < -0.3 is 5.32 Å². The molecule has 0 fully saturated rings. The molecule has 4 nitrogen and oxygen atoms in total. The summed E-state index contributed by atoms with van der Waals surface area (Å²) in [5.41, 5.74) is 0.807. The van der Waals surface area contributed by atoms with Gasteiger partial charge in [-0.15, -0.1) is 0 Å². The molecule has 0 saturated carbocycles. The molecular formula is C10H15BrN2O2S. The van der Waals surface area contributed by atoms with Crippen LogP contribution in [0.3, 0.4) is 0 Å². The minimum absolute atomic E-state index is 0.130. The predicted octanol–water partition coefficient (Wildman–Crippen LogP) is 2.08. The molecule has 90 valence electrons. The molecule has 1 aromatic heterocycles. The summed E-state index contributed by atoms with van der Waals surface area (Å²) in [6, 6.07) is 3.52. The highest BCUT2D eigenvalue weighted by Gasteiger charge is 2.14. The Morgan fingerprint density at radius 3 is 2.81 bits per heavy atom. The van der Waals surface area contributed by atoms with Gasteiger partial charge in [0.25, 0.3) is 0 Å². The van der Waals surface area contributed by atoms with Crippen LogP contribution in [0.4, 0.5) is 5.69 Å². The van der Waals surface area contributed by atoms with E-state index in [1.165, 1.54) is 0 Å². The zero-order valence-electron chi connectivity index (χ0n) is 9.27. The minimum atomic E-state index is -2.95. The van der Waals surface area contributed by atoms with E-state index < -0.39 is 9.84 Å². The molecular weight excluding hydrogens is 292 g/mol. The summed E-state index contributed by atoms with van der Waals surface area (Å²) in [5.74, 6) is 0.304. The molecule has 0 bridgehead atoms. The van der Waals surface area contributed by atoms with Crippen molar-refractivity contribution in [2.24, 2.45) is 0 Å². The standard InChI is InChI=1S/C10H15BrN2O2S/c1-3-16(14,15)7-8(2)13-9-5-4-6-12-10(9)11/h4-6,8,13H,3,7H2,1-2H3. The average Bonchev–Trinajstić information content (AvgIpc) is 2.21. The highest BCUT2D eigenvalue weighted by molar-refractivity contribution is 9.10. The van der Waals surface area contributed by atoms with E-state index >= 15 is 0 Å². The lowest BCUT2D eigenvalue weighted by molar-refractivity contribution is 0.593. The minimum Gasteiger partial charge on any atom is -0.379 e. The number of hydrogen-bond donors (Lipinski definition) is 1. The quantitative estimate of drug-likeness (QED) is 0.846. The van der Waals surface area contributed by atoms with E-state index in [-0.39, 0.29) is 17.5 Å². The van der Waals surface area contributed by atoms with Crippen molar-refractivity contribution in [3.05, 3.63) is 22.9 Å². The second-order valence-electron chi connectivity index (χ2n) is 3.59. The smallest absolute Gasteiger partial charge is 0.152 e. The van der Waals surface area contributed by atoms with Crippen molar-refractivity contribution in [3.63, 3.8) is 0 Å². The molecule has 1 rings (SSSR count). The van der Waals surface area contributed by atoms with Crippen molar-refractivity contribution >= 4 is 31.5 Å². The van der Waals surface area contributed by atoms with Crippen molar-refractivity contribution in [2.75, 3.05) is 16.8 Å². The van der Waals surface area contributed by atoms with E-state index in [9.17, 15) is 8.42 Å². The lowest BCUT2D eigenvalue weighted by Gasteiger charge is -2.15. The zero-order chi connectivity index (χ0) is 12.2. The molecule has 1 aromatic rings. The van der Waals surface area contributed by atoms with Gasteiger partial charge in [0.2, 0.25) is 0 Å². The second-order valence-corrected chi connectivity index (χ2v) is 6.74. The van der Waals surface area contributed by atoms with Crippen molar-refractivity contribution in [2.45, 2.75) is 19.9 Å². The van der Waals surface area contributed by atoms with Crippen molar-refractivity contribution in [1.29, 1.82) is 0 Å². The molecule has 0 aliphatic carbocycles. The Bertz CT molecular complexity index is 448. The molecule has 1 unspecified atom stereocenters. The molecule has 0 aliphatic heterocycles. The number of anilines is 1. The number of rotatable bonds is 5. The van der Waals surface area contributed by atoms with Gasteiger partial charge in [-0.25, -0.2) is 13.4 Å². The summed E-state index contributed by atoms with van der Waals surface area (Å²) in [4.78, 5) is 4.05. The van der Waals surface area contributed by atoms with Crippen molar-refractivity contribution < 1.29 is 8.42 Å². The van der Waals surface area contributed by atoms with Gasteiger partial charge in [0.05, 0.1) is 11.4 Å². The fourth-order valence-corrected chi connectivity index (χ4v) is 2.75. The predicted molar refractivity (Wildman–Crippen MR) is 69.3 cm³/mol. The normalized spacial score (nSPS) is 13.4. The third-order valence-corrected chi connectivity index (χ3v) is 4.62. The third-order valence-electron chi connectivity index (χ3n) is 2.10. The molecule has 1 heterocycles. The van der Waals surface area contributed by atoms with Gasteiger partial charge in [0.15, 0.2) is 9.84 Å². The number of hydrogen-bond acceptors (Lipinski definition) is 4. The lowest BCUT2D eigenvalue weighted by Crippen LogP contribution is -2.26. The Labute approximate surface area is 105 Å². The molecule has 0 radical (unpaired) electrons. The molecule has 0 saturated heterocycles. The molecule has 6 heteroatoms. The Balaban J connectivity index is 2.66. The molecule has 0 aliphatic rings. The highest BCUT2D eigenvalue weighted by Crippen LogP contribution is 2.19. The first-order chi connectivity index (χ1) is 7.44. The van der Waals surface area contributed by atoms with E-state index in [4.69, 9.17) is 0 Å². The highest BCUT2D eigenvalue weighted by atomic mass is 79.9. The molecule has 0 amide bonds. The van der Waals surface area contributed by atoms with Gasteiger partial charge in [0.1, 0.15) is 4.60 Å². The number of sulfone groups is 1. The fraction of sp³-hybridized carbons (Fsp3) is 0.500. The number of aromatic nitrogens is 1. The first-order valence-electron chi connectivity index (χ1n) is 5.02. The van der Waals surface area contributed by atoms with E-state index in [2.05, 4.69) is 26.2 Å². The SMILES string of the molecule is CCS(=O)(=O)CC(C)Nc1cccnc1Br. The lowest BCUT2D eigenvalue weighted by atomic mass is 10.3. The molecule has 1 atom stereocenters. The van der Waals surface area contributed by atoms with Gasteiger partial charge in [-0.2, -0.15) is 0 Å². The number of pyridine rings is 1. The summed E-state index contributed by atoms with van der Waals surface area (Å²) >= 11 is 3.30. The van der Waals surface area contributed by atoms with E-state index in [1.807, 2.05) is 13.0 Å². The number of nitrogens with one attached hydrogen (secondary N) is 1. The van der Waals surface area contributed by atoms with Crippen molar-refractivity contribution in [3.8, 4) is 0 Å². The summed E-state index contributed by atoms with van der Waals surface area (Å²) in [6.07, 6.45) is 1.67. The van der Waals surface area contributed by atoms with Crippen LogP contribution in [-0.4, -0.2) is 30.9 Å². The van der Waals surface area contributed by atoms with Gasteiger partial charge >= 0.3 is 0 Å². The Kier molecular flexibility index (Phi) is 4.73. The number of halogens is 1. The van der Waals surface area contributed by atoms with Gasteiger partial charge in [-0.1, -0.05) is 6.92 Å². The third kappa shape index (κ3) is 4.09. The van der Waals surface area contributed by atoms with Crippen LogP contribution in [0, 0.1) is 0 Å². The Morgan fingerprint density at radius 2 is 2.25 bits per heavy atom. The first kappa shape index (κ1) is 13.4. The maximum atomic E-state index is 11.4. The topological polar surface area (TPSA) is 59.1 Å². The molecule has 0 spiro atoms. The Hall–Kier alpha value is -0.620. The van der Waals surface area contributed by atoms with Gasteiger partial charge in [0, 0.05) is 18.0 Å². The van der Waals surface area contributed by atoms with Crippen LogP contribution in [0.2, 0.25) is 0 Å². The van der Waals surface area contributed by atoms with Gasteiger partial charge in [-0.3, -0.25) is 0 Å². The van der Waals surface area contributed by atoms with E-state index in [0.29, 0.717) is 4.60 Å². The maximum Gasteiger partial charge on any atom is 0.152 e. The van der Waals surface area contributed by atoms with Crippen LogP contribution in [0.25, 0.3) is 0 Å². The van der Waals surface area contributed by atoms with Crippen LogP contribution < -0.4 is 5.32 Å². The molecule has 1 N–H and O–H groups in total. The Morgan fingerprint density at radius 1 is 1.56 bits per heavy atom. The monoisotopic (exact) mass is 306 g/mol. The van der Waals surface area contributed by atoms with Crippen molar-refractivity contribution in [1.82, 2.24) is 4.98 Å². The van der Waals surface area contributed by atoms with Crippen LogP contribution in [0.15, 0.2) is 22.9 Å². The maximum absolute atomic E-state index is 11.4. The van der Waals surface area contributed by atoms with Crippen LogP contribution >= 0.6 is 15.9 Å².